The molecule has 2 aliphatic rings. The van der Waals surface area contributed by atoms with Crippen LogP contribution in [-0.4, -0.2) is 17.0 Å². The van der Waals surface area contributed by atoms with Crippen LogP contribution in [0.3, 0.4) is 0 Å². The van der Waals surface area contributed by atoms with Crippen molar-refractivity contribution in [2.75, 3.05) is 0 Å². The van der Waals surface area contributed by atoms with Gasteiger partial charge >= 0.3 is 0 Å². The average Bonchev–Trinajstić information content (AvgIpc) is 2.99. The highest BCUT2D eigenvalue weighted by atomic mass is 32.1. The van der Waals surface area contributed by atoms with Crippen LogP contribution in [0.15, 0.2) is 35.5 Å². The van der Waals surface area contributed by atoms with Gasteiger partial charge in [-0.15, -0.1) is 0 Å². The first kappa shape index (κ1) is 16.0. The molecule has 3 rings (SSSR count). The minimum atomic E-state index is -0.265. The summed E-state index contributed by atoms with van der Waals surface area (Å²) in [6, 6.07) is 7.66. The van der Waals surface area contributed by atoms with Gasteiger partial charge in [0.15, 0.2) is 10.9 Å². The van der Waals surface area contributed by atoms with E-state index in [2.05, 4.69) is 10.6 Å². The SMILES string of the molecule is CC(=O)C1=C(C)NC(=S)NC1c1ccccc1OC1CCCC1. The van der Waals surface area contributed by atoms with E-state index in [0.29, 0.717) is 10.7 Å². The number of carbonyl (C=O) groups is 1. The highest BCUT2D eigenvalue weighted by Gasteiger charge is 2.30. The van der Waals surface area contributed by atoms with E-state index >= 15 is 0 Å². The molecule has 1 heterocycles. The molecule has 4 nitrogen and oxygen atoms in total. The van der Waals surface area contributed by atoms with Crippen LogP contribution in [0, 0.1) is 0 Å². The Hall–Kier alpha value is -1.88. The van der Waals surface area contributed by atoms with Crippen LogP contribution in [0.5, 0.6) is 5.75 Å². The number of rotatable bonds is 4. The number of allylic oxidation sites excluding steroid dienone is 1. The average molecular weight is 330 g/mol. The van der Waals surface area contributed by atoms with Crippen molar-refractivity contribution in [2.45, 2.75) is 51.7 Å². The molecule has 2 N–H and O–H groups in total. The summed E-state index contributed by atoms with van der Waals surface area (Å²) in [5.74, 6) is 0.874. The minimum Gasteiger partial charge on any atom is -0.490 e. The van der Waals surface area contributed by atoms with Crippen LogP contribution in [0.4, 0.5) is 0 Å². The minimum absolute atomic E-state index is 0.0330. The molecule has 1 aromatic carbocycles. The van der Waals surface area contributed by atoms with Crippen molar-refractivity contribution in [3.63, 3.8) is 0 Å². The first-order valence-corrected chi connectivity index (χ1v) is 8.52. The standard InChI is InChI=1S/C18H22N2O2S/c1-11-16(12(2)21)17(20-18(23)19-11)14-9-5-6-10-15(14)22-13-7-3-4-8-13/h5-6,9-10,13,17H,3-4,7-8H2,1-2H3,(H2,19,20,23). The molecule has 1 saturated carbocycles. The van der Waals surface area contributed by atoms with Crippen molar-refractivity contribution in [3.8, 4) is 5.75 Å². The fraction of sp³-hybridized carbons (Fsp3) is 0.444. The molecular weight excluding hydrogens is 308 g/mol. The Kier molecular flexibility index (Phi) is 4.66. The van der Waals surface area contributed by atoms with Gasteiger partial charge in [-0.3, -0.25) is 4.79 Å². The molecule has 5 heteroatoms. The third kappa shape index (κ3) is 3.39. The number of benzene rings is 1. The lowest BCUT2D eigenvalue weighted by molar-refractivity contribution is -0.114. The van der Waals surface area contributed by atoms with Crippen LogP contribution in [0.1, 0.15) is 51.1 Å². The second kappa shape index (κ2) is 6.71. The van der Waals surface area contributed by atoms with Crippen LogP contribution in [-0.2, 0) is 4.79 Å². The van der Waals surface area contributed by atoms with Crippen molar-refractivity contribution >= 4 is 23.1 Å². The van der Waals surface area contributed by atoms with Gasteiger partial charge in [-0.25, -0.2) is 0 Å². The molecule has 0 saturated heterocycles. The fourth-order valence-corrected chi connectivity index (χ4v) is 3.68. The molecule has 23 heavy (non-hydrogen) atoms. The number of hydrogen-bond donors (Lipinski definition) is 2. The van der Waals surface area contributed by atoms with Crippen molar-refractivity contribution in [1.29, 1.82) is 0 Å². The molecule has 0 aromatic heterocycles. The normalized spacial score (nSPS) is 21.8. The lowest BCUT2D eigenvalue weighted by atomic mass is 9.92. The Bertz CT molecular complexity index is 663. The van der Waals surface area contributed by atoms with E-state index in [1.807, 2.05) is 31.2 Å². The highest BCUT2D eigenvalue weighted by Crippen LogP contribution is 2.35. The molecule has 1 aliphatic heterocycles. The van der Waals surface area contributed by atoms with Crippen molar-refractivity contribution in [2.24, 2.45) is 0 Å². The maximum Gasteiger partial charge on any atom is 0.171 e. The summed E-state index contributed by atoms with van der Waals surface area (Å²) in [7, 11) is 0. The van der Waals surface area contributed by atoms with Gasteiger partial charge in [-0.1, -0.05) is 18.2 Å². The summed E-state index contributed by atoms with van der Waals surface area (Å²) in [6.07, 6.45) is 4.91. The van der Waals surface area contributed by atoms with Crippen LogP contribution >= 0.6 is 12.2 Å². The number of Topliss-reactive ketones (excluding diaryl/α,β-unsaturated/α-hetero) is 1. The van der Waals surface area contributed by atoms with Gasteiger partial charge in [0.1, 0.15) is 5.75 Å². The zero-order valence-corrected chi connectivity index (χ0v) is 14.3. The third-order valence-corrected chi connectivity index (χ3v) is 4.69. The number of thiocarbonyl (C=S) groups is 1. The second-order valence-electron chi connectivity index (χ2n) is 6.19. The molecule has 0 spiro atoms. The number of ether oxygens (including phenoxy) is 1. The zero-order valence-electron chi connectivity index (χ0n) is 13.5. The Morgan fingerprint density at radius 1 is 1.26 bits per heavy atom. The molecule has 1 aliphatic carbocycles. The van der Waals surface area contributed by atoms with E-state index in [-0.39, 0.29) is 17.9 Å². The molecule has 0 radical (unpaired) electrons. The quantitative estimate of drug-likeness (QED) is 0.829. The molecule has 1 unspecified atom stereocenters. The van der Waals surface area contributed by atoms with Gasteiger partial charge in [0.25, 0.3) is 0 Å². The van der Waals surface area contributed by atoms with Crippen LogP contribution in [0.25, 0.3) is 0 Å². The molecule has 1 fully saturated rings. The van der Waals surface area contributed by atoms with Gasteiger partial charge in [0.2, 0.25) is 0 Å². The largest absolute Gasteiger partial charge is 0.490 e. The Balaban J connectivity index is 1.97. The summed E-state index contributed by atoms with van der Waals surface area (Å²) in [5.41, 5.74) is 2.48. The number of nitrogens with one attached hydrogen (secondary N) is 2. The van der Waals surface area contributed by atoms with E-state index in [4.69, 9.17) is 17.0 Å². The van der Waals surface area contributed by atoms with Gasteiger partial charge in [-0.2, -0.15) is 0 Å². The predicted molar refractivity (Wildman–Crippen MR) is 94.3 cm³/mol. The number of ketones is 1. The van der Waals surface area contributed by atoms with Gasteiger partial charge in [0.05, 0.1) is 12.1 Å². The number of hydrogen-bond acceptors (Lipinski definition) is 3. The number of para-hydroxylation sites is 1. The molecule has 122 valence electrons. The first-order chi connectivity index (χ1) is 11.1. The maximum atomic E-state index is 12.1. The second-order valence-corrected chi connectivity index (χ2v) is 6.60. The summed E-state index contributed by atoms with van der Waals surface area (Å²) < 4.78 is 6.22. The first-order valence-electron chi connectivity index (χ1n) is 8.11. The van der Waals surface area contributed by atoms with Crippen molar-refractivity contribution in [3.05, 3.63) is 41.1 Å². The monoisotopic (exact) mass is 330 g/mol. The van der Waals surface area contributed by atoms with E-state index in [1.54, 1.807) is 6.92 Å². The van der Waals surface area contributed by atoms with Crippen LogP contribution in [0.2, 0.25) is 0 Å². The summed E-state index contributed by atoms with van der Waals surface area (Å²) >= 11 is 5.28. The molecule has 0 bridgehead atoms. The van der Waals surface area contributed by atoms with Gasteiger partial charge in [0, 0.05) is 16.8 Å². The summed E-state index contributed by atoms with van der Waals surface area (Å²) in [5, 5.41) is 6.80. The van der Waals surface area contributed by atoms with E-state index in [0.717, 1.165) is 29.9 Å². The predicted octanol–water partition coefficient (Wildman–Crippen LogP) is 3.39. The summed E-state index contributed by atoms with van der Waals surface area (Å²) in [4.78, 5) is 12.1. The molecule has 1 aromatic rings. The van der Waals surface area contributed by atoms with Gasteiger partial charge < -0.3 is 15.4 Å². The van der Waals surface area contributed by atoms with E-state index in [1.165, 1.54) is 12.8 Å². The fourth-order valence-electron chi connectivity index (χ4n) is 3.41. The van der Waals surface area contributed by atoms with Crippen molar-refractivity contribution in [1.82, 2.24) is 10.6 Å². The highest BCUT2D eigenvalue weighted by molar-refractivity contribution is 7.80. The molecule has 0 amide bonds. The van der Waals surface area contributed by atoms with Crippen LogP contribution < -0.4 is 15.4 Å². The third-order valence-electron chi connectivity index (χ3n) is 4.47. The molecule has 1 atom stereocenters. The maximum absolute atomic E-state index is 12.1. The zero-order chi connectivity index (χ0) is 16.4. The lowest BCUT2D eigenvalue weighted by Crippen LogP contribution is -2.44. The Morgan fingerprint density at radius 2 is 1.96 bits per heavy atom. The topological polar surface area (TPSA) is 50.4 Å². The number of carbonyl (C=O) groups excluding carboxylic acids is 1. The van der Waals surface area contributed by atoms with E-state index < -0.39 is 0 Å². The Morgan fingerprint density at radius 3 is 2.65 bits per heavy atom. The lowest BCUT2D eigenvalue weighted by Gasteiger charge is -2.31. The molecular formula is C18H22N2O2S. The Labute approximate surface area is 142 Å². The summed E-state index contributed by atoms with van der Waals surface area (Å²) in [6.45, 7) is 3.47. The van der Waals surface area contributed by atoms with E-state index in [9.17, 15) is 4.79 Å². The van der Waals surface area contributed by atoms with Crippen molar-refractivity contribution < 1.29 is 9.53 Å². The smallest absolute Gasteiger partial charge is 0.171 e. The van der Waals surface area contributed by atoms with Gasteiger partial charge in [-0.05, 0) is 57.8 Å².